The van der Waals surface area contributed by atoms with Gasteiger partial charge in [0.2, 0.25) is 5.95 Å². The van der Waals surface area contributed by atoms with E-state index in [1.54, 1.807) is 18.5 Å². The maximum absolute atomic E-state index is 12.0. The lowest BCUT2D eigenvalue weighted by atomic mass is 9.84. The lowest BCUT2D eigenvalue weighted by Gasteiger charge is -2.39. The minimum absolute atomic E-state index is 0.224. The third kappa shape index (κ3) is 3.55. The molecule has 2 atom stereocenters. The third-order valence-electron chi connectivity index (χ3n) is 6.87. The summed E-state index contributed by atoms with van der Waals surface area (Å²) in [6.07, 6.45) is 1.17. The highest BCUT2D eigenvalue weighted by atomic mass is 16.5. The lowest BCUT2D eigenvalue weighted by molar-refractivity contribution is 0.0600. The van der Waals surface area contributed by atoms with Gasteiger partial charge in [0.25, 0.3) is 0 Å². The molecule has 0 spiro atoms. The van der Waals surface area contributed by atoms with Crippen LogP contribution in [0.4, 0.5) is 5.95 Å². The number of para-hydroxylation sites is 1. The Hall–Kier alpha value is -4.39. The van der Waals surface area contributed by atoms with Crippen LogP contribution in [-0.4, -0.2) is 27.8 Å². The molecule has 4 aromatic rings. The number of fused-ring (bicyclic) bond motifs is 3. The van der Waals surface area contributed by atoms with Gasteiger partial charge in [-0.2, -0.15) is 10.1 Å². The molecule has 2 aliphatic heterocycles. The maximum atomic E-state index is 12.0. The zero-order valence-corrected chi connectivity index (χ0v) is 20.3. The average Bonchev–Trinajstić information content (AvgIpc) is 3.39. The van der Waals surface area contributed by atoms with Crippen LogP contribution in [0, 0.1) is 0 Å². The van der Waals surface area contributed by atoms with Crippen LogP contribution >= 0.6 is 0 Å². The first-order valence-electron chi connectivity index (χ1n) is 12.0. The van der Waals surface area contributed by atoms with Gasteiger partial charge in [-0.3, -0.25) is 0 Å². The molecule has 0 saturated heterocycles. The molecule has 7 heteroatoms. The van der Waals surface area contributed by atoms with Crippen LogP contribution in [-0.2, 0) is 4.74 Å². The van der Waals surface area contributed by atoms with Crippen molar-refractivity contribution < 1.29 is 14.3 Å². The van der Waals surface area contributed by atoms with Crippen molar-refractivity contribution in [2.45, 2.75) is 31.9 Å². The average molecular weight is 479 g/mol. The molecule has 36 heavy (non-hydrogen) atoms. The number of hydrogen-bond donors (Lipinski definition) is 1. The summed E-state index contributed by atoms with van der Waals surface area (Å²) in [4.78, 5) is 16.5. The van der Waals surface area contributed by atoms with E-state index in [2.05, 4.69) is 59.6 Å². The molecule has 0 unspecified atom stereocenters. The zero-order valence-electron chi connectivity index (χ0n) is 20.3. The molecular formula is C29H26N4O3. The Kier molecular flexibility index (Phi) is 5.33. The molecule has 0 bridgehead atoms. The van der Waals surface area contributed by atoms with E-state index < -0.39 is 6.10 Å². The van der Waals surface area contributed by atoms with Gasteiger partial charge in [-0.1, -0.05) is 62.4 Å². The number of rotatable bonds is 4. The molecule has 1 N–H and O–H groups in total. The molecule has 0 amide bonds. The molecule has 0 fully saturated rings. The number of hydrogen-bond acceptors (Lipinski definition) is 6. The SMILES string of the molecule is COC(=O)c1ccc([C@H]2Oc3ccccc3C3=C2[C@H](c2ccc(C(C)C)cc2)n2ncnc2N3)cc1. The van der Waals surface area contributed by atoms with Crippen LogP contribution in [0.1, 0.15) is 64.5 Å². The van der Waals surface area contributed by atoms with Crippen LogP contribution in [0.2, 0.25) is 0 Å². The van der Waals surface area contributed by atoms with Crippen molar-refractivity contribution in [3.8, 4) is 5.75 Å². The Bertz CT molecular complexity index is 1470. The second-order valence-corrected chi connectivity index (χ2v) is 9.32. The van der Waals surface area contributed by atoms with E-state index in [1.807, 2.05) is 35.0 Å². The minimum atomic E-state index is -0.402. The van der Waals surface area contributed by atoms with E-state index in [9.17, 15) is 4.79 Å². The Labute approximate surface area is 209 Å². The number of carbonyl (C=O) groups is 1. The number of aromatic nitrogens is 3. The van der Waals surface area contributed by atoms with Gasteiger partial charge in [0.15, 0.2) is 0 Å². The smallest absolute Gasteiger partial charge is 0.337 e. The van der Waals surface area contributed by atoms with Crippen molar-refractivity contribution >= 4 is 17.6 Å². The van der Waals surface area contributed by atoms with Crippen LogP contribution in [0.5, 0.6) is 5.75 Å². The Morgan fingerprint density at radius 3 is 2.44 bits per heavy atom. The fourth-order valence-corrected chi connectivity index (χ4v) is 4.99. The fourth-order valence-electron chi connectivity index (χ4n) is 4.99. The van der Waals surface area contributed by atoms with Crippen molar-refractivity contribution in [2.75, 3.05) is 12.4 Å². The van der Waals surface area contributed by atoms with Gasteiger partial charge in [-0.15, -0.1) is 0 Å². The standard InChI is InChI=1S/C29H26N4O3/c1-17(2)18-8-10-19(11-9-18)26-24-25(32-29-30-16-31-33(26)29)22-6-4-5-7-23(22)36-27(24)20-12-14-21(15-13-20)28(34)35-3/h4-17,26-27H,1-3H3,(H,30,31,32)/t26-,27+/m0/s1. The van der Waals surface area contributed by atoms with Crippen LogP contribution in [0.25, 0.3) is 5.70 Å². The Morgan fingerprint density at radius 2 is 1.72 bits per heavy atom. The normalized spacial score (nSPS) is 18.0. The first-order chi connectivity index (χ1) is 17.5. The topological polar surface area (TPSA) is 78.3 Å². The predicted octanol–water partition coefficient (Wildman–Crippen LogP) is 5.75. The summed E-state index contributed by atoms with van der Waals surface area (Å²) >= 11 is 0. The highest BCUT2D eigenvalue weighted by molar-refractivity contribution is 5.89. The van der Waals surface area contributed by atoms with Crippen molar-refractivity contribution in [1.29, 1.82) is 0 Å². The van der Waals surface area contributed by atoms with Gasteiger partial charge in [0, 0.05) is 11.1 Å². The molecule has 0 radical (unpaired) electrons. The second kappa shape index (κ2) is 8.68. The molecule has 2 aliphatic rings. The van der Waals surface area contributed by atoms with Gasteiger partial charge >= 0.3 is 5.97 Å². The summed E-state index contributed by atoms with van der Waals surface area (Å²) in [6.45, 7) is 4.38. The molecule has 6 rings (SSSR count). The highest BCUT2D eigenvalue weighted by Crippen LogP contribution is 2.50. The summed E-state index contributed by atoms with van der Waals surface area (Å²) in [7, 11) is 1.38. The van der Waals surface area contributed by atoms with Crippen LogP contribution in [0.15, 0.2) is 84.7 Å². The van der Waals surface area contributed by atoms with Gasteiger partial charge in [-0.05, 0) is 46.9 Å². The van der Waals surface area contributed by atoms with E-state index in [0.29, 0.717) is 17.4 Å². The van der Waals surface area contributed by atoms with Crippen molar-refractivity contribution in [3.05, 3.63) is 113 Å². The third-order valence-corrected chi connectivity index (χ3v) is 6.87. The largest absolute Gasteiger partial charge is 0.480 e. The first kappa shape index (κ1) is 22.1. The van der Waals surface area contributed by atoms with E-state index in [-0.39, 0.29) is 12.0 Å². The number of nitrogens with one attached hydrogen (secondary N) is 1. The molecular weight excluding hydrogens is 452 g/mol. The predicted molar refractivity (Wildman–Crippen MR) is 137 cm³/mol. The summed E-state index contributed by atoms with van der Waals surface area (Å²) in [6, 6.07) is 23.9. The summed E-state index contributed by atoms with van der Waals surface area (Å²) in [5.41, 5.74) is 6.78. The minimum Gasteiger partial charge on any atom is -0.480 e. The van der Waals surface area contributed by atoms with Crippen molar-refractivity contribution in [3.63, 3.8) is 0 Å². The summed E-state index contributed by atoms with van der Waals surface area (Å²) in [5.74, 6) is 1.54. The summed E-state index contributed by atoms with van der Waals surface area (Å²) < 4.78 is 13.4. The number of ether oxygens (including phenoxy) is 2. The van der Waals surface area contributed by atoms with Crippen LogP contribution < -0.4 is 10.1 Å². The quantitative estimate of drug-likeness (QED) is 0.377. The van der Waals surface area contributed by atoms with Crippen LogP contribution in [0.3, 0.4) is 0 Å². The number of carbonyl (C=O) groups excluding carboxylic acids is 1. The monoisotopic (exact) mass is 478 g/mol. The number of nitrogens with zero attached hydrogens (tertiary/aromatic N) is 3. The maximum Gasteiger partial charge on any atom is 0.337 e. The van der Waals surface area contributed by atoms with Gasteiger partial charge < -0.3 is 14.8 Å². The van der Waals surface area contributed by atoms with Gasteiger partial charge in [0.1, 0.15) is 24.2 Å². The molecule has 180 valence electrons. The molecule has 0 saturated carbocycles. The molecule has 3 heterocycles. The number of methoxy groups -OCH3 is 1. The number of anilines is 1. The molecule has 1 aromatic heterocycles. The lowest BCUT2D eigenvalue weighted by Crippen LogP contribution is -2.32. The fraction of sp³-hybridized carbons (Fsp3) is 0.207. The van der Waals surface area contributed by atoms with E-state index >= 15 is 0 Å². The van der Waals surface area contributed by atoms with Crippen molar-refractivity contribution in [1.82, 2.24) is 14.8 Å². The number of benzene rings is 3. The van der Waals surface area contributed by atoms with E-state index in [1.165, 1.54) is 12.7 Å². The highest BCUT2D eigenvalue weighted by Gasteiger charge is 2.40. The van der Waals surface area contributed by atoms with Crippen molar-refractivity contribution in [2.24, 2.45) is 0 Å². The molecule has 7 nitrogen and oxygen atoms in total. The van der Waals surface area contributed by atoms with E-state index in [4.69, 9.17) is 9.47 Å². The molecule has 3 aromatic carbocycles. The first-order valence-corrected chi connectivity index (χ1v) is 12.0. The Morgan fingerprint density at radius 1 is 1.00 bits per heavy atom. The Balaban J connectivity index is 1.54. The van der Waals surface area contributed by atoms with E-state index in [0.717, 1.165) is 33.7 Å². The molecule has 0 aliphatic carbocycles. The van der Waals surface area contributed by atoms with Gasteiger partial charge in [-0.25, -0.2) is 9.48 Å². The zero-order chi connectivity index (χ0) is 24.8. The van der Waals surface area contributed by atoms with Gasteiger partial charge in [0.05, 0.1) is 18.4 Å². The summed E-state index contributed by atoms with van der Waals surface area (Å²) in [5, 5.41) is 8.11. The second-order valence-electron chi connectivity index (χ2n) is 9.32. The number of esters is 1.